The van der Waals surface area contributed by atoms with Crippen molar-refractivity contribution in [3.05, 3.63) is 58.5 Å². The monoisotopic (exact) mass is 384 g/mol. The fraction of sp³-hybridized carbons (Fsp3) is 0.350. The van der Waals surface area contributed by atoms with Gasteiger partial charge in [-0.15, -0.1) is 0 Å². The van der Waals surface area contributed by atoms with E-state index >= 15 is 0 Å². The fourth-order valence-electron chi connectivity index (χ4n) is 3.32. The molecule has 1 N–H and O–H groups in total. The summed E-state index contributed by atoms with van der Waals surface area (Å²) < 4.78 is 7.38. The van der Waals surface area contributed by atoms with Gasteiger partial charge in [-0.25, -0.2) is 0 Å². The number of amides is 1. The second-order valence-corrected chi connectivity index (χ2v) is 7.51. The highest BCUT2D eigenvalue weighted by Gasteiger charge is 2.53. The van der Waals surface area contributed by atoms with Crippen LogP contribution >= 0.6 is 11.6 Å². The molecule has 3 aromatic rings. The lowest BCUT2D eigenvalue weighted by atomic mass is 10.0. The molecule has 0 saturated heterocycles. The molecule has 7 heteroatoms. The number of nitrogens with one attached hydrogen (secondary N) is 1. The average molecular weight is 385 g/mol. The van der Waals surface area contributed by atoms with Crippen LogP contribution in [0.3, 0.4) is 0 Å². The highest BCUT2D eigenvalue weighted by Crippen LogP contribution is 2.48. The molecule has 6 nitrogen and oxygen atoms in total. The third-order valence-electron chi connectivity index (χ3n) is 5.03. The Kier molecular flexibility index (Phi) is 4.52. The minimum atomic E-state index is -0.566. The minimum Gasteiger partial charge on any atom is -0.356 e. The Morgan fingerprint density at radius 2 is 2.00 bits per heavy atom. The quantitative estimate of drug-likeness (QED) is 0.704. The van der Waals surface area contributed by atoms with E-state index < -0.39 is 5.41 Å². The van der Waals surface area contributed by atoms with Crippen LogP contribution in [0.4, 0.5) is 0 Å². The number of hydrogen-bond acceptors (Lipinski definition) is 4. The van der Waals surface area contributed by atoms with E-state index in [0.29, 0.717) is 29.6 Å². The van der Waals surface area contributed by atoms with Crippen molar-refractivity contribution in [3.8, 4) is 11.3 Å². The summed E-state index contributed by atoms with van der Waals surface area (Å²) in [6.07, 6.45) is 1.57. The van der Waals surface area contributed by atoms with Crippen LogP contribution in [0.15, 0.2) is 40.9 Å². The smallest absolute Gasteiger partial charge is 0.232 e. The third-order valence-corrected chi connectivity index (χ3v) is 5.28. The van der Waals surface area contributed by atoms with Crippen LogP contribution in [0.1, 0.15) is 29.9 Å². The van der Waals surface area contributed by atoms with E-state index in [9.17, 15) is 4.79 Å². The molecule has 1 aromatic carbocycles. The number of rotatable bonds is 6. The fourth-order valence-corrected chi connectivity index (χ4v) is 3.45. The van der Waals surface area contributed by atoms with Gasteiger partial charge in [0, 0.05) is 28.9 Å². The zero-order chi connectivity index (χ0) is 19.0. The lowest BCUT2D eigenvalue weighted by molar-refractivity contribution is -0.123. The van der Waals surface area contributed by atoms with Crippen molar-refractivity contribution in [1.82, 2.24) is 20.3 Å². The first kappa shape index (κ1) is 17.8. The number of carbonyl (C=O) groups excluding carboxylic acids is 1. The molecular weight excluding hydrogens is 364 g/mol. The predicted molar refractivity (Wildman–Crippen MR) is 103 cm³/mol. The Bertz CT molecular complexity index is 970. The molecule has 2 heterocycles. The van der Waals surface area contributed by atoms with E-state index in [-0.39, 0.29) is 5.91 Å². The summed E-state index contributed by atoms with van der Waals surface area (Å²) in [6, 6.07) is 11.2. The molecule has 0 aliphatic heterocycles. The molecule has 1 fully saturated rings. The van der Waals surface area contributed by atoms with Crippen molar-refractivity contribution in [3.63, 3.8) is 0 Å². The van der Waals surface area contributed by atoms with Crippen LogP contribution in [-0.4, -0.2) is 27.4 Å². The summed E-state index contributed by atoms with van der Waals surface area (Å²) in [7, 11) is 0. The molecular formula is C20H21ClN4O2. The molecule has 0 atom stereocenters. The van der Waals surface area contributed by atoms with Crippen molar-refractivity contribution in [2.75, 3.05) is 6.54 Å². The Balaban J connectivity index is 1.42. The van der Waals surface area contributed by atoms with E-state index in [1.807, 2.05) is 42.8 Å². The lowest BCUT2D eigenvalue weighted by Gasteiger charge is -2.13. The number of halogens is 1. The second kappa shape index (κ2) is 6.85. The first-order valence-electron chi connectivity index (χ1n) is 9.00. The molecule has 4 rings (SSSR count). The first-order valence-corrected chi connectivity index (χ1v) is 9.38. The molecule has 1 aliphatic carbocycles. The molecule has 140 valence electrons. The Morgan fingerprint density at radius 3 is 2.63 bits per heavy atom. The van der Waals surface area contributed by atoms with Crippen molar-refractivity contribution in [1.29, 1.82) is 0 Å². The van der Waals surface area contributed by atoms with Crippen molar-refractivity contribution >= 4 is 17.5 Å². The number of carbonyl (C=O) groups is 1. The van der Waals surface area contributed by atoms with Crippen molar-refractivity contribution in [2.24, 2.45) is 0 Å². The van der Waals surface area contributed by atoms with Crippen LogP contribution in [0.2, 0.25) is 5.02 Å². The Labute approximate surface area is 162 Å². The van der Waals surface area contributed by atoms with E-state index in [0.717, 1.165) is 29.8 Å². The summed E-state index contributed by atoms with van der Waals surface area (Å²) in [5.74, 6) is 0.642. The maximum atomic E-state index is 12.8. The third kappa shape index (κ3) is 3.49. The lowest BCUT2D eigenvalue weighted by Crippen LogP contribution is -2.37. The molecule has 0 radical (unpaired) electrons. The second-order valence-electron chi connectivity index (χ2n) is 7.07. The van der Waals surface area contributed by atoms with Gasteiger partial charge in [-0.05, 0) is 57.0 Å². The van der Waals surface area contributed by atoms with Gasteiger partial charge in [-0.3, -0.25) is 9.48 Å². The van der Waals surface area contributed by atoms with Crippen LogP contribution in [0.25, 0.3) is 11.3 Å². The first-order chi connectivity index (χ1) is 13.0. The van der Waals surface area contributed by atoms with Gasteiger partial charge in [0.25, 0.3) is 0 Å². The van der Waals surface area contributed by atoms with Gasteiger partial charge < -0.3 is 9.84 Å². The van der Waals surface area contributed by atoms with Gasteiger partial charge in [0.05, 0.1) is 23.3 Å². The zero-order valence-corrected chi connectivity index (χ0v) is 16.1. The van der Waals surface area contributed by atoms with Gasteiger partial charge in [0.1, 0.15) is 0 Å². The van der Waals surface area contributed by atoms with Gasteiger partial charge in [-0.1, -0.05) is 16.8 Å². The molecule has 0 unspecified atom stereocenters. The average Bonchev–Trinajstić information content (AvgIpc) is 3.19. The molecule has 1 amide bonds. The number of aryl methyl sites for hydroxylation is 2. The van der Waals surface area contributed by atoms with Gasteiger partial charge >= 0.3 is 0 Å². The normalized spacial score (nSPS) is 14.9. The minimum absolute atomic E-state index is 0.0000118. The molecule has 2 aromatic heterocycles. The van der Waals surface area contributed by atoms with Crippen LogP contribution < -0.4 is 5.32 Å². The Morgan fingerprint density at radius 1 is 1.26 bits per heavy atom. The number of hydrogen-bond donors (Lipinski definition) is 1. The SMILES string of the molecule is Cc1cc(C)n(CCNC(=O)C2(c3cc(-c4ccc(Cl)cc4)on3)CC2)n1. The van der Waals surface area contributed by atoms with Gasteiger partial charge in [-0.2, -0.15) is 5.10 Å². The van der Waals surface area contributed by atoms with Crippen molar-refractivity contribution < 1.29 is 9.32 Å². The summed E-state index contributed by atoms with van der Waals surface area (Å²) >= 11 is 5.93. The summed E-state index contributed by atoms with van der Waals surface area (Å²) in [5.41, 5.74) is 3.08. The topological polar surface area (TPSA) is 73.0 Å². The highest BCUT2D eigenvalue weighted by molar-refractivity contribution is 6.30. The van der Waals surface area contributed by atoms with E-state index in [1.165, 1.54) is 0 Å². The van der Waals surface area contributed by atoms with Crippen LogP contribution in [-0.2, 0) is 16.8 Å². The van der Waals surface area contributed by atoms with E-state index in [4.69, 9.17) is 16.1 Å². The van der Waals surface area contributed by atoms with Gasteiger partial charge in [0.15, 0.2) is 5.76 Å². The number of benzene rings is 1. The van der Waals surface area contributed by atoms with Crippen LogP contribution in [0, 0.1) is 13.8 Å². The standard InChI is InChI=1S/C20H21ClN4O2/c1-13-11-14(2)25(23-13)10-9-22-19(26)20(7-8-20)18-12-17(27-24-18)15-3-5-16(21)6-4-15/h3-6,11-12H,7-10H2,1-2H3,(H,22,26). The summed E-state index contributed by atoms with van der Waals surface area (Å²) in [4.78, 5) is 12.8. The zero-order valence-electron chi connectivity index (χ0n) is 15.3. The maximum absolute atomic E-state index is 12.8. The predicted octanol–water partition coefficient (Wildman–Crippen LogP) is 3.66. The summed E-state index contributed by atoms with van der Waals surface area (Å²) in [5, 5.41) is 12.3. The Hall–Kier alpha value is -2.60. The summed E-state index contributed by atoms with van der Waals surface area (Å²) in [6.45, 7) is 5.16. The van der Waals surface area contributed by atoms with Crippen molar-refractivity contribution in [2.45, 2.75) is 38.6 Å². The molecule has 1 aliphatic rings. The highest BCUT2D eigenvalue weighted by atomic mass is 35.5. The molecule has 0 spiro atoms. The van der Waals surface area contributed by atoms with Crippen LogP contribution in [0.5, 0.6) is 0 Å². The van der Waals surface area contributed by atoms with E-state index in [2.05, 4.69) is 15.6 Å². The maximum Gasteiger partial charge on any atom is 0.232 e. The number of nitrogens with zero attached hydrogens (tertiary/aromatic N) is 3. The molecule has 0 bridgehead atoms. The van der Waals surface area contributed by atoms with E-state index in [1.54, 1.807) is 12.1 Å². The largest absolute Gasteiger partial charge is 0.356 e. The number of aromatic nitrogens is 3. The molecule has 1 saturated carbocycles. The molecule has 27 heavy (non-hydrogen) atoms. The van der Waals surface area contributed by atoms with Gasteiger partial charge in [0.2, 0.25) is 5.91 Å².